The fraction of sp³-hybridized carbons (Fsp3) is 0.345. The van der Waals surface area contributed by atoms with Crippen molar-refractivity contribution in [2.24, 2.45) is 5.92 Å². The minimum Gasteiger partial charge on any atom is -0.368 e. The van der Waals surface area contributed by atoms with E-state index >= 15 is 0 Å². The maximum Gasteiger partial charge on any atom is 0.227 e. The molecule has 1 saturated heterocycles. The summed E-state index contributed by atoms with van der Waals surface area (Å²) in [5, 5.41) is 12.8. The summed E-state index contributed by atoms with van der Waals surface area (Å²) in [5.74, 6) is 0.00886. The molecule has 1 aliphatic rings. The number of anilines is 2. The van der Waals surface area contributed by atoms with Crippen LogP contribution in [0.3, 0.4) is 0 Å². The van der Waals surface area contributed by atoms with Crippen molar-refractivity contribution in [1.29, 1.82) is 5.26 Å². The van der Waals surface area contributed by atoms with E-state index in [2.05, 4.69) is 62.6 Å². The lowest BCUT2D eigenvalue weighted by atomic mass is 9.97. The van der Waals surface area contributed by atoms with Gasteiger partial charge < -0.3 is 10.2 Å². The van der Waals surface area contributed by atoms with Crippen molar-refractivity contribution < 1.29 is 4.79 Å². The molecule has 2 heterocycles. The monoisotopic (exact) mass is 467 g/mol. The molecular formula is C29H33N5O. The molecular weight excluding hydrogens is 434 g/mol. The average Bonchev–Trinajstić information content (AvgIpc) is 2.91. The van der Waals surface area contributed by atoms with Crippen LogP contribution in [0.2, 0.25) is 0 Å². The van der Waals surface area contributed by atoms with E-state index in [0.717, 1.165) is 44.7 Å². The number of rotatable bonds is 8. The Kier molecular flexibility index (Phi) is 8.12. The van der Waals surface area contributed by atoms with Crippen LogP contribution in [0, 0.1) is 17.2 Å². The van der Waals surface area contributed by atoms with E-state index < -0.39 is 0 Å². The summed E-state index contributed by atoms with van der Waals surface area (Å²) in [6, 6.07) is 22.9. The van der Waals surface area contributed by atoms with Crippen molar-refractivity contribution in [1.82, 2.24) is 9.88 Å². The summed E-state index contributed by atoms with van der Waals surface area (Å²) < 4.78 is 0. The first-order valence-electron chi connectivity index (χ1n) is 12.4. The molecule has 1 amide bonds. The maximum absolute atomic E-state index is 12.5. The Bertz CT molecular complexity index is 1110. The number of piperazine rings is 1. The molecule has 0 radical (unpaired) electrons. The van der Waals surface area contributed by atoms with Crippen LogP contribution in [0.1, 0.15) is 49.4 Å². The van der Waals surface area contributed by atoms with E-state index in [4.69, 9.17) is 0 Å². The van der Waals surface area contributed by atoms with Crippen molar-refractivity contribution in [3.8, 4) is 6.07 Å². The Balaban J connectivity index is 1.49. The van der Waals surface area contributed by atoms with Crippen LogP contribution >= 0.6 is 0 Å². The molecule has 1 atom stereocenters. The second-order valence-electron chi connectivity index (χ2n) is 8.96. The van der Waals surface area contributed by atoms with Crippen LogP contribution in [0.5, 0.6) is 0 Å². The van der Waals surface area contributed by atoms with Crippen LogP contribution in [-0.4, -0.2) is 42.0 Å². The Morgan fingerprint density at radius 1 is 0.971 bits per heavy atom. The summed E-state index contributed by atoms with van der Waals surface area (Å²) in [6.45, 7) is 7.44. The van der Waals surface area contributed by atoms with Crippen molar-refractivity contribution in [3.05, 3.63) is 89.7 Å². The predicted octanol–water partition coefficient (Wildman–Crippen LogP) is 5.24. The Morgan fingerprint density at radius 2 is 1.63 bits per heavy atom. The number of carbonyl (C=O) groups is 1. The molecule has 0 spiro atoms. The molecule has 0 bridgehead atoms. The van der Waals surface area contributed by atoms with Gasteiger partial charge in [-0.1, -0.05) is 44.2 Å². The third-order valence-electron chi connectivity index (χ3n) is 6.90. The van der Waals surface area contributed by atoms with Gasteiger partial charge in [-0.05, 0) is 54.3 Å². The van der Waals surface area contributed by atoms with E-state index in [-0.39, 0.29) is 17.9 Å². The Labute approximate surface area is 208 Å². The number of aromatic nitrogens is 1. The third kappa shape index (κ3) is 5.70. The lowest BCUT2D eigenvalue weighted by Crippen LogP contribution is -2.48. The maximum atomic E-state index is 12.5. The first-order chi connectivity index (χ1) is 17.1. The van der Waals surface area contributed by atoms with E-state index in [1.54, 1.807) is 6.07 Å². The average molecular weight is 468 g/mol. The molecule has 1 aliphatic heterocycles. The largest absolute Gasteiger partial charge is 0.368 e. The van der Waals surface area contributed by atoms with Gasteiger partial charge in [-0.15, -0.1) is 0 Å². The van der Waals surface area contributed by atoms with E-state index in [1.807, 2.05) is 44.4 Å². The van der Waals surface area contributed by atoms with E-state index in [1.165, 1.54) is 11.1 Å². The molecule has 1 fully saturated rings. The summed E-state index contributed by atoms with van der Waals surface area (Å²) in [7, 11) is 0. The Hall–Kier alpha value is -3.69. The van der Waals surface area contributed by atoms with Gasteiger partial charge in [-0.3, -0.25) is 14.7 Å². The number of nitrogens with one attached hydrogen (secondary N) is 1. The number of nitrogens with zero attached hydrogens (tertiary/aromatic N) is 4. The van der Waals surface area contributed by atoms with Gasteiger partial charge in [0.05, 0.1) is 17.3 Å². The number of nitriles is 1. The number of amides is 1. The SMILES string of the molecule is CCC(CC)C(=O)Nc1ccc(N2CCN(C(c3ccccc3)c3ccncc3)CC2)c(C#N)c1. The fourth-order valence-corrected chi connectivity index (χ4v) is 4.90. The van der Waals surface area contributed by atoms with Gasteiger partial charge >= 0.3 is 0 Å². The highest BCUT2D eigenvalue weighted by molar-refractivity contribution is 5.93. The fourth-order valence-electron chi connectivity index (χ4n) is 4.90. The van der Waals surface area contributed by atoms with Crippen LogP contribution in [-0.2, 0) is 4.79 Å². The lowest BCUT2D eigenvalue weighted by molar-refractivity contribution is -0.120. The molecule has 6 heteroatoms. The lowest BCUT2D eigenvalue weighted by Gasteiger charge is -2.41. The van der Waals surface area contributed by atoms with Crippen LogP contribution in [0.25, 0.3) is 0 Å². The molecule has 2 aromatic carbocycles. The van der Waals surface area contributed by atoms with Crippen molar-refractivity contribution in [2.45, 2.75) is 32.7 Å². The molecule has 1 aromatic heterocycles. The van der Waals surface area contributed by atoms with Crippen molar-refractivity contribution in [3.63, 3.8) is 0 Å². The second-order valence-corrected chi connectivity index (χ2v) is 8.96. The number of hydrogen-bond donors (Lipinski definition) is 1. The first-order valence-corrected chi connectivity index (χ1v) is 12.4. The summed E-state index contributed by atoms with van der Waals surface area (Å²) >= 11 is 0. The topological polar surface area (TPSA) is 72.3 Å². The molecule has 3 aromatic rings. The van der Waals surface area contributed by atoms with Crippen molar-refractivity contribution in [2.75, 3.05) is 36.4 Å². The molecule has 6 nitrogen and oxygen atoms in total. The zero-order valence-corrected chi connectivity index (χ0v) is 20.5. The Morgan fingerprint density at radius 3 is 2.26 bits per heavy atom. The van der Waals surface area contributed by atoms with E-state index in [9.17, 15) is 10.1 Å². The summed E-state index contributed by atoms with van der Waals surface area (Å²) in [5.41, 5.74) is 4.70. The van der Waals surface area contributed by atoms with Gasteiger partial charge in [0, 0.05) is 50.2 Å². The highest BCUT2D eigenvalue weighted by Crippen LogP contribution is 2.31. The highest BCUT2D eigenvalue weighted by atomic mass is 16.1. The number of pyridine rings is 1. The first kappa shape index (κ1) is 24.4. The summed E-state index contributed by atoms with van der Waals surface area (Å²) in [6.07, 6.45) is 5.31. The molecule has 1 N–H and O–H groups in total. The molecule has 0 saturated carbocycles. The van der Waals surface area contributed by atoms with Gasteiger partial charge in [-0.2, -0.15) is 5.26 Å². The molecule has 35 heavy (non-hydrogen) atoms. The minimum absolute atomic E-state index is 0.00811. The molecule has 0 aliphatic carbocycles. The number of hydrogen-bond acceptors (Lipinski definition) is 5. The highest BCUT2D eigenvalue weighted by Gasteiger charge is 2.27. The van der Waals surface area contributed by atoms with Crippen molar-refractivity contribution >= 4 is 17.3 Å². The number of carbonyl (C=O) groups excluding carboxylic acids is 1. The molecule has 1 unspecified atom stereocenters. The van der Waals surface area contributed by atoms with Gasteiger partial charge in [0.1, 0.15) is 6.07 Å². The van der Waals surface area contributed by atoms with Gasteiger partial charge in [0.25, 0.3) is 0 Å². The van der Waals surface area contributed by atoms with Crippen LogP contribution in [0.4, 0.5) is 11.4 Å². The van der Waals surface area contributed by atoms with Gasteiger partial charge in [0.2, 0.25) is 5.91 Å². The van der Waals surface area contributed by atoms with Crippen LogP contribution in [0.15, 0.2) is 73.1 Å². The zero-order valence-electron chi connectivity index (χ0n) is 20.5. The predicted molar refractivity (Wildman–Crippen MR) is 140 cm³/mol. The second kappa shape index (κ2) is 11.6. The zero-order chi connectivity index (χ0) is 24.6. The summed E-state index contributed by atoms with van der Waals surface area (Å²) in [4.78, 5) is 21.5. The normalized spacial score (nSPS) is 15.0. The standard InChI is InChI=1S/C29H33N5O/c1-3-22(4-2)29(35)32-26-10-11-27(25(20-26)21-30)33-16-18-34(19-17-33)28(23-8-6-5-7-9-23)24-12-14-31-15-13-24/h5-15,20,22,28H,3-4,16-19H2,1-2H3,(H,32,35). The van der Waals surface area contributed by atoms with Crippen LogP contribution < -0.4 is 10.2 Å². The molecule has 4 rings (SSSR count). The van der Waals surface area contributed by atoms with Gasteiger partial charge in [-0.25, -0.2) is 0 Å². The third-order valence-corrected chi connectivity index (χ3v) is 6.90. The van der Waals surface area contributed by atoms with E-state index in [0.29, 0.717) is 11.3 Å². The quantitative estimate of drug-likeness (QED) is 0.491. The van der Waals surface area contributed by atoms with Gasteiger partial charge in [0.15, 0.2) is 0 Å². The molecule has 180 valence electrons. The number of benzene rings is 2. The smallest absolute Gasteiger partial charge is 0.227 e. The minimum atomic E-state index is -0.00811.